The van der Waals surface area contributed by atoms with Crippen LogP contribution in [0.5, 0.6) is 5.75 Å². The van der Waals surface area contributed by atoms with Gasteiger partial charge in [0, 0.05) is 6.54 Å². The Kier molecular flexibility index (Phi) is 7.01. The van der Waals surface area contributed by atoms with E-state index in [-0.39, 0.29) is 17.1 Å². The molecule has 0 radical (unpaired) electrons. The SMILES string of the molecule is C=N/C(=N\CCCN(C)C)c1ncn(-c2cccc(O)c2C(C)=O)c1CC. The topological polar surface area (TPSA) is 83.1 Å². The summed E-state index contributed by atoms with van der Waals surface area (Å²) in [7, 11) is 4.05. The normalized spacial score (nSPS) is 11.8. The first-order valence-corrected chi connectivity index (χ1v) is 8.96. The van der Waals surface area contributed by atoms with Crippen LogP contribution in [0.3, 0.4) is 0 Å². The van der Waals surface area contributed by atoms with Crippen LogP contribution < -0.4 is 0 Å². The number of imidazole rings is 1. The van der Waals surface area contributed by atoms with E-state index in [9.17, 15) is 9.90 Å². The fourth-order valence-electron chi connectivity index (χ4n) is 2.97. The Morgan fingerprint density at radius 2 is 2.11 bits per heavy atom. The van der Waals surface area contributed by atoms with Crippen molar-refractivity contribution in [2.45, 2.75) is 26.7 Å². The average molecular weight is 369 g/mol. The summed E-state index contributed by atoms with van der Waals surface area (Å²) in [5, 5.41) is 10.1. The van der Waals surface area contributed by atoms with Crippen LogP contribution in [0, 0.1) is 0 Å². The molecule has 0 spiro atoms. The van der Waals surface area contributed by atoms with Crippen LogP contribution in [0.2, 0.25) is 0 Å². The molecular formula is C20H27N5O2. The number of Topliss-reactive ketones (excluding diaryl/α,β-unsaturated/α-hetero) is 1. The number of aliphatic imine (C=N–C) groups is 2. The predicted molar refractivity (Wildman–Crippen MR) is 109 cm³/mol. The van der Waals surface area contributed by atoms with Gasteiger partial charge in [0.05, 0.1) is 16.9 Å². The first-order chi connectivity index (χ1) is 12.9. The molecule has 1 aromatic carbocycles. The van der Waals surface area contributed by atoms with Gasteiger partial charge in [-0.3, -0.25) is 9.79 Å². The lowest BCUT2D eigenvalue weighted by molar-refractivity contribution is 0.101. The summed E-state index contributed by atoms with van der Waals surface area (Å²) >= 11 is 0. The summed E-state index contributed by atoms with van der Waals surface area (Å²) in [6.07, 6.45) is 3.21. The molecule has 0 atom stereocenters. The Morgan fingerprint density at radius 3 is 2.70 bits per heavy atom. The van der Waals surface area contributed by atoms with Crippen molar-refractivity contribution in [1.82, 2.24) is 14.5 Å². The third kappa shape index (κ3) is 4.68. The monoisotopic (exact) mass is 369 g/mol. The largest absolute Gasteiger partial charge is 0.507 e. The van der Waals surface area contributed by atoms with Crippen molar-refractivity contribution in [3.63, 3.8) is 0 Å². The Morgan fingerprint density at radius 1 is 1.37 bits per heavy atom. The number of phenolic OH excluding ortho intramolecular Hbond substituents is 1. The molecule has 1 aromatic heterocycles. The van der Waals surface area contributed by atoms with Gasteiger partial charge in [0.15, 0.2) is 11.6 Å². The van der Waals surface area contributed by atoms with Crippen LogP contribution in [-0.4, -0.2) is 65.1 Å². The van der Waals surface area contributed by atoms with Gasteiger partial charge in [-0.05, 0) is 59.3 Å². The number of rotatable bonds is 8. The molecule has 2 aromatic rings. The second-order valence-corrected chi connectivity index (χ2v) is 6.51. The maximum Gasteiger partial charge on any atom is 0.174 e. The standard InChI is InChI=1S/C20H27N5O2/c1-6-15-19(20(21-3)22-11-8-12-24(4)5)23-13-25(15)16-9-7-10-17(27)18(16)14(2)26/h7,9-10,13,27H,3,6,8,11-12H2,1-2,4-5H3/b22-20-. The minimum atomic E-state index is -0.208. The molecule has 0 amide bonds. The molecule has 1 N–H and O–H groups in total. The molecule has 0 aliphatic rings. The number of aromatic hydroxyl groups is 1. The minimum Gasteiger partial charge on any atom is -0.507 e. The van der Waals surface area contributed by atoms with E-state index < -0.39 is 0 Å². The smallest absolute Gasteiger partial charge is 0.174 e. The molecule has 0 aliphatic heterocycles. The number of hydrogen-bond donors (Lipinski definition) is 1. The summed E-state index contributed by atoms with van der Waals surface area (Å²) in [4.78, 5) is 27.2. The zero-order chi connectivity index (χ0) is 20.0. The van der Waals surface area contributed by atoms with Gasteiger partial charge in [-0.15, -0.1) is 0 Å². The lowest BCUT2D eigenvalue weighted by atomic mass is 10.1. The fourth-order valence-corrected chi connectivity index (χ4v) is 2.97. The van der Waals surface area contributed by atoms with Crippen LogP contribution in [0.1, 0.15) is 42.0 Å². The molecule has 0 saturated heterocycles. The highest BCUT2D eigenvalue weighted by molar-refractivity contribution is 6.02. The number of nitrogens with zero attached hydrogens (tertiary/aromatic N) is 5. The van der Waals surface area contributed by atoms with Gasteiger partial charge in [0.1, 0.15) is 17.8 Å². The Labute approximate surface area is 160 Å². The van der Waals surface area contributed by atoms with Crippen molar-refractivity contribution in [3.05, 3.63) is 41.5 Å². The lowest BCUT2D eigenvalue weighted by Gasteiger charge is -2.13. The van der Waals surface area contributed by atoms with Crippen molar-refractivity contribution < 1.29 is 9.90 Å². The zero-order valence-corrected chi connectivity index (χ0v) is 16.4. The number of benzene rings is 1. The van der Waals surface area contributed by atoms with E-state index in [0.717, 1.165) is 18.7 Å². The van der Waals surface area contributed by atoms with Gasteiger partial charge in [0.25, 0.3) is 0 Å². The average Bonchev–Trinajstić information content (AvgIpc) is 3.04. The number of hydrogen-bond acceptors (Lipinski definition) is 5. The van der Waals surface area contributed by atoms with E-state index in [1.54, 1.807) is 18.5 Å². The number of aromatic nitrogens is 2. The van der Waals surface area contributed by atoms with E-state index in [1.165, 1.54) is 13.0 Å². The van der Waals surface area contributed by atoms with Crippen molar-refractivity contribution in [2.24, 2.45) is 9.98 Å². The van der Waals surface area contributed by atoms with Crippen LogP contribution in [0.15, 0.2) is 34.5 Å². The Balaban J connectivity index is 2.45. The van der Waals surface area contributed by atoms with Crippen LogP contribution >= 0.6 is 0 Å². The maximum absolute atomic E-state index is 12.0. The highest BCUT2D eigenvalue weighted by Gasteiger charge is 2.20. The van der Waals surface area contributed by atoms with Crippen molar-refractivity contribution in [1.29, 1.82) is 0 Å². The van der Waals surface area contributed by atoms with Gasteiger partial charge >= 0.3 is 0 Å². The van der Waals surface area contributed by atoms with Crippen LogP contribution in [0.4, 0.5) is 0 Å². The molecular weight excluding hydrogens is 342 g/mol. The van der Waals surface area contributed by atoms with Crippen LogP contribution in [-0.2, 0) is 6.42 Å². The molecule has 7 heteroatoms. The Hall–Kier alpha value is -2.80. The third-order valence-electron chi connectivity index (χ3n) is 4.22. The molecule has 0 saturated carbocycles. The molecule has 0 bridgehead atoms. The molecule has 1 heterocycles. The second kappa shape index (κ2) is 9.23. The molecule has 2 rings (SSSR count). The Bertz CT molecular complexity index is 852. The number of carbonyl (C=O) groups excluding carboxylic acids is 1. The van der Waals surface area contributed by atoms with Gasteiger partial charge in [-0.1, -0.05) is 13.0 Å². The summed E-state index contributed by atoms with van der Waals surface area (Å²) in [5.41, 5.74) is 2.37. The van der Waals surface area contributed by atoms with E-state index in [2.05, 4.69) is 26.6 Å². The van der Waals surface area contributed by atoms with Crippen LogP contribution in [0.25, 0.3) is 5.69 Å². The third-order valence-corrected chi connectivity index (χ3v) is 4.22. The number of amidine groups is 1. The van der Waals surface area contributed by atoms with Crippen molar-refractivity contribution >= 4 is 18.3 Å². The number of carbonyl (C=O) groups is 1. The predicted octanol–water partition coefficient (Wildman–Crippen LogP) is 2.74. The summed E-state index contributed by atoms with van der Waals surface area (Å²) in [5.74, 6) is 0.241. The summed E-state index contributed by atoms with van der Waals surface area (Å²) < 4.78 is 1.81. The molecule has 7 nitrogen and oxygen atoms in total. The summed E-state index contributed by atoms with van der Waals surface area (Å²) in [6.45, 7) is 8.64. The zero-order valence-electron chi connectivity index (χ0n) is 16.4. The molecule has 0 fully saturated rings. The number of phenols is 1. The minimum absolute atomic E-state index is 0.0447. The summed E-state index contributed by atoms with van der Waals surface area (Å²) in [6, 6.07) is 5.00. The second-order valence-electron chi connectivity index (χ2n) is 6.51. The molecule has 0 unspecified atom stereocenters. The van der Waals surface area contributed by atoms with E-state index in [0.29, 0.717) is 30.2 Å². The van der Waals surface area contributed by atoms with E-state index in [4.69, 9.17) is 0 Å². The van der Waals surface area contributed by atoms with E-state index >= 15 is 0 Å². The fraction of sp³-hybridized carbons (Fsp3) is 0.400. The first kappa shape index (κ1) is 20.5. The first-order valence-electron chi connectivity index (χ1n) is 8.96. The lowest BCUT2D eigenvalue weighted by Crippen LogP contribution is -2.14. The van der Waals surface area contributed by atoms with Crippen molar-refractivity contribution in [3.8, 4) is 11.4 Å². The number of ketones is 1. The molecule has 27 heavy (non-hydrogen) atoms. The molecule has 0 aliphatic carbocycles. The van der Waals surface area contributed by atoms with Gasteiger partial charge in [-0.2, -0.15) is 0 Å². The van der Waals surface area contributed by atoms with Gasteiger partial charge < -0.3 is 14.6 Å². The quantitative estimate of drug-likeness (QED) is 0.336. The highest BCUT2D eigenvalue weighted by Crippen LogP contribution is 2.27. The molecule has 144 valence electrons. The highest BCUT2D eigenvalue weighted by atomic mass is 16.3. The van der Waals surface area contributed by atoms with Crippen molar-refractivity contribution in [2.75, 3.05) is 27.2 Å². The van der Waals surface area contributed by atoms with Gasteiger partial charge in [-0.25, -0.2) is 9.98 Å². The van der Waals surface area contributed by atoms with Gasteiger partial charge in [0.2, 0.25) is 0 Å². The maximum atomic E-state index is 12.0. The van der Waals surface area contributed by atoms with E-state index in [1.807, 2.05) is 25.6 Å².